The number of thiophene rings is 1. The standard InChI is InChI=1S/C21H20BrN5OS/c1-13(14-7-9-15(22)10-8-14)26-28-11-18-24-20-19-16-5-3-2-4-6-17(16)29-21(19)23-12-27(20)25-18/h7-10,12H,2-6,11H2,1H3. The van der Waals surface area contributed by atoms with Gasteiger partial charge in [-0.1, -0.05) is 39.6 Å². The number of halogens is 1. The predicted molar refractivity (Wildman–Crippen MR) is 119 cm³/mol. The molecule has 0 N–H and O–H groups in total. The Balaban J connectivity index is 1.41. The average Bonchev–Trinajstić information content (AvgIpc) is 3.21. The van der Waals surface area contributed by atoms with E-state index in [1.54, 1.807) is 10.8 Å². The third-order valence-corrected chi connectivity index (χ3v) is 6.97. The highest BCUT2D eigenvalue weighted by Gasteiger charge is 2.20. The molecule has 0 saturated carbocycles. The first-order valence-electron chi connectivity index (χ1n) is 9.76. The van der Waals surface area contributed by atoms with E-state index in [1.807, 2.05) is 42.5 Å². The molecular formula is C21H20BrN5OS. The van der Waals surface area contributed by atoms with Crippen LogP contribution in [0.4, 0.5) is 0 Å². The van der Waals surface area contributed by atoms with E-state index < -0.39 is 0 Å². The Hall–Kier alpha value is -2.32. The quantitative estimate of drug-likeness (QED) is 0.230. The van der Waals surface area contributed by atoms with Crippen molar-refractivity contribution in [3.8, 4) is 0 Å². The van der Waals surface area contributed by atoms with E-state index in [0.717, 1.165) is 39.1 Å². The zero-order valence-electron chi connectivity index (χ0n) is 16.1. The summed E-state index contributed by atoms with van der Waals surface area (Å²) >= 11 is 5.25. The van der Waals surface area contributed by atoms with Gasteiger partial charge in [0.15, 0.2) is 18.1 Å². The highest BCUT2D eigenvalue weighted by Crippen LogP contribution is 2.36. The summed E-state index contributed by atoms with van der Waals surface area (Å²) in [6, 6.07) is 7.97. The van der Waals surface area contributed by atoms with Crippen LogP contribution in [0, 0.1) is 0 Å². The fraction of sp³-hybridized carbons (Fsp3) is 0.333. The van der Waals surface area contributed by atoms with Gasteiger partial charge in [0.1, 0.15) is 11.2 Å². The maximum absolute atomic E-state index is 5.54. The van der Waals surface area contributed by atoms with Gasteiger partial charge in [-0.25, -0.2) is 14.5 Å². The number of rotatable bonds is 4. The van der Waals surface area contributed by atoms with E-state index in [9.17, 15) is 0 Å². The van der Waals surface area contributed by atoms with Crippen LogP contribution in [0.5, 0.6) is 0 Å². The Morgan fingerprint density at radius 3 is 2.90 bits per heavy atom. The van der Waals surface area contributed by atoms with Gasteiger partial charge in [-0.2, -0.15) is 0 Å². The first-order chi connectivity index (χ1) is 14.2. The van der Waals surface area contributed by atoms with Crippen molar-refractivity contribution in [2.75, 3.05) is 0 Å². The molecule has 0 unspecified atom stereocenters. The van der Waals surface area contributed by atoms with Crippen LogP contribution in [0.3, 0.4) is 0 Å². The van der Waals surface area contributed by atoms with E-state index >= 15 is 0 Å². The summed E-state index contributed by atoms with van der Waals surface area (Å²) < 4.78 is 2.81. The average molecular weight is 470 g/mol. The Labute approximate surface area is 180 Å². The lowest BCUT2D eigenvalue weighted by Crippen LogP contribution is -1.97. The van der Waals surface area contributed by atoms with E-state index in [-0.39, 0.29) is 6.61 Å². The first-order valence-corrected chi connectivity index (χ1v) is 11.4. The molecule has 1 aliphatic carbocycles. The monoisotopic (exact) mass is 469 g/mol. The van der Waals surface area contributed by atoms with Crippen LogP contribution in [0.25, 0.3) is 15.9 Å². The molecule has 0 amide bonds. The minimum Gasteiger partial charge on any atom is -0.387 e. The summed E-state index contributed by atoms with van der Waals surface area (Å²) in [6.45, 7) is 2.15. The van der Waals surface area contributed by atoms with Crippen molar-refractivity contribution >= 4 is 48.8 Å². The smallest absolute Gasteiger partial charge is 0.192 e. The summed E-state index contributed by atoms with van der Waals surface area (Å²) in [5.74, 6) is 0.611. The molecule has 8 heteroatoms. The molecule has 0 spiro atoms. The molecule has 148 valence electrons. The minimum atomic E-state index is 0.226. The van der Waals surface area contributed by atoms with Crippen molar-refractivity contribution in [1.82, 2.24) is 19.6 Å². The number of fused-ring (bicyclic) bond motifs is 5. The number of oxime groups is 1. The molecule has 5 rings (SSSR count). The maximum Gasteiger partial charge on any atom is 0.192 e. The van der Waals surface area contributed by atoms with Crippen LogP contribution in [0.1, 0.15) is 48.0 Å². The fourth-order valence-electron chi connectivity index (χ4n) is 3.77. The van der Waals surface area contributed by atoms with Crippen LogP contribution < -0.4 is 0 Å². The first kappa shape index (κ1) is 18.7. The molecular weight excluding hydrogens is 450 g/mol. The number of hydrogen-bond donors (Lipinski definition) is 0. The Kier molecular flexibility index (Phi) is 5.05. The summed E-state index contributed by atoms with van der Waals surface area (Å²) in [5, 5.41) is 9.94. The number of aromatic nitrogens is 4. The molecule has 4 aromatic rings. The molecule has 0 aliphatic heterocycles. The zero-order chi connectivity index (χ0) is 19.8. The van der Waals surface area contributed by atoms with E-state index in [4.69, 9.17) is 9.82 Å². The molecule has 1 aromatic carbocycles. The van der Waals surface area contributed by atoms with Crippen molar-refractivity contribution in [3.63, 3.8) is 0 Å². The van der Waals surface area contributed by atoms with Gasteiger partial charge in [-0.05, 0) is 55.9 Å². The summed E-state index contributed by atoms with van der Waals surface area (Å²) in [4.78, 5) is 17.4. The van der Waals surface area contributed by atoms with Crippen molar-refractivity contribution in [1.29, 1.82) is 0 Å². The maximum atomic E-state index is 5.54. The largest absolute Gasteiger partial charge is 0.387 e. The molecule has 3 heterocycles. The lowest BCUT2D eigenvalue weighted by molar-refractivity contribution is 0.125. The Morgan fingerprint density at radius 1 is 1.21 bits per heavy atom. The van der Waals surface area contributed by atoms with E-state index in [0.29, 0.717) is 5.82 Å². The molecule has 0 fully saturated rings. The third kappa shape index (κ3) is 3.67. The van der Waals surface area contributed by atoms with Crippen molar-refractivity contribution < 1.29 is 4.84 Å². The van der Waals surface area contributed by atoms with Gasteiger partial charge in [0.2, 0.25) is 0 Å². The summed E-state index contributed by atoms with van der Waals surface area (Å²) in [7, 11) is 0. The number of benzene rings is 1. The Bertz CT molecular complexity index is 1210. The van der Waals surface area contributed by atoms with Crippen LogP contribution in [-0.2, 0) is 24.3 Å². The summed E-state index contributed by atoms with van der Waals surface area (Å²) in [5.41, 5.74) is 4.13. The van der Waals surface area contributed by atoms with Crippen LogP contribution in [-0.4, -0.2) is 25.3 Å². The topological polar surface area (TPSA) is 64.7 Å². The van der Waals surface area contributed by atoms with E-state index in [2.05, 4.69) is 31.2 Å². The van der Waals surface area contributed by atoms with Gasteiger partial charge < -0.3 is 4.84 Å². The highest BCUT2D eigenvalue weighted by atomic mass is 79.9. The second kappa shape index (κ2) is 7.84. The van der Waals surface area contributed by atoms with Gasteiger partial charge in [0.25, 0.3) is 0 Å². The summed E-state index contributed by atoms with van der Waals surface area (Å²) in [6.07, 6.45) is 7.79. The Morgan fingerprint density at radius 2 is 2.03 bits per heavy atom. The fourth-order valence-corrected chi connectivity index (χ4v) is 5.26. The van der Waals surface area contributed by atoms with Crippen molar-refractivity contribution in [2.24, 2.45) is 5.16 Å². The van der Waals surface area contributed by atoms with Gasteiger partial charge in [0, 0.05) is 9.35 Å². The zero-order valence-corrected chi connectivity index (χ0v) is 18.5. The van der Waals surface area contributed by atoms with Gasteiger partial charge in [-0.3, -0.25) is 0 Å². The molecule has 6 nitrogen and oxygen atoms in total. The SMILES string of the molecule is CC(=NOCc1nc2c3c4c(sc3ncn2n1)CCCCC4)c1ccc(Br)cc1. The van der Waals surface area contributed by atoms with E-state index in [1.165, 1.54) is 35.1 Å². The molecule has 1 aliphatic rings. The number of nitrogens with zero attached hydrogens (tertiary/aromatic N) is 5. The molecule has 0 radical (unpaired) electrons. The molecule has 29 heavy (non-hydrogen) atoms. The highest BCUT2D eigenvalue weighted by molar-refractivity contribution is 9.10. The molecule has 0 atom stereocenters. The second-order valence-corrected chi connectivity index (χ2v) is 9.24. The lowest BCUT2D eigenvalue weighted by atomic mass is 10.1. The number of hydrogen-bond acceptors (Lipinski definition) is 6. The second-order valence-electron chi connectivity index (χ2n) is 7.24. The van der Waals surface area contributed by atoms with Gasteiger partial charge in [0.05, 0.1) is 11.1 Å². The predicted octanol–water partition coefficient (Wildman–Crippen LogP) is 5.31. The van der Waals surface area contributed by atoms with Crippen molar-refractivity contribution in [3.05, 3.63) is 56.9 Å². The number of aryl methyl sites for hydroxylation is 2. The normalized spacial score (nSPS) is 14.9. The van der Waals surface area contributed by atoms with Crippen LogP contribution >= 0.6 is 27.3 Å². The molecule has 0 bridgehead atoms. The van der Waals surface area contributed by atoms with Gasteiger partial charge >= 0.3 is 0 Å². The molecule has 3 aromatic heterocycles. The van der Waals surface area contributed by atoms with Gasteiger partial charge in [-0.15, -0.1) is 16.4 Å². The minimum absolute atomic E-state index is 0.226. The molecule has 0 saturated heterocycles. The third-order valence-electron chi connectivity index (χ3n) is 5.24. The van der Waals surface area contributed by atoms with Crippen molar-refractivity contribution in [2.45, 2.75) is 45.6 Å². The van der Waals surface area contributed by atoms with Crippen LogP contribution in [0.15, 0.2) is 40.2 Å². The van der Waals surface area contributed by atoms with Crippen LogP contribution in [0.2, 0.25) is 0 Å². The lowest BCUT2D eigenvalue weighted by Gasteiger charge is -2.01.